The Morgan fingerprint density at radius 3 is 2.47 bits per heavy atom. The van der Waals surface area contributed by atoms with E-state index in [0.717, 1.165) is 18.7 Å². The second-order valence-corrected chi connectivity index (χ2v) is 5.97. The van der Waals surface area contributed by atoms with E-state index in [1.165, 1.54) is 0 Å². The van der Waals surface area contributed by atoms with Crippen LogP contribution < -0.4 is 5.73 Å². The molecule has 0 saturated carbocycles. The van der Waals surface area contributed by atoms with Gasteiger partial charge in [-0.1, -0.05) is 29.3 Å². The molecule has 0 bridgehead atoms. The summed E-state index contributed by atoms with van der Waals surface area (Å²) < 4.78 is 5.76. The monoisotopic (exact) mass is 302 g/mol. The van der Waals surface area contributed by atoms with Gasteiger partial charge in [-0.25, -0.2) is 0 Å². The van der Waals surface area contributed by atoms with E-state index in [1.807, 2.05) is 12.1 Å². The highest BCUT2D eigenvalue weighted by Crippen LogP contribution is 2.31. The third-order valence-electron chi connectivity index (χ3n) is 3.43. The second-order valence-electron chi connectivity index (χ2n) is 5.13. The van der Waals surface area contributed by atoms with Crippen molar-refractivity contribution in [2.24, 2.45) is 5.73 Å². The van der Waals surface area contributed by atoms with E-state index in [4.69, 9.17) is 33.7 Å². The normalized spacial score (nSPS) is 26.4. The highest BCUT2D eigenvalue weighted by atomic mass is 35.5. The fourth-order valence-corrected chi connectivity index (χ4v) is 3.25. The Balaban J connectivity index is 2.23. The summed E-state index contributed by atoms with van der Waals surface area (Å²) in [5, 5.41) is 1.32. The molecule has 0 radical (unpaired) electrons. The van der Waals surface area contributed by atoms with E-state index < -0.39 is 0 Å². The lowest BCUT2D eigenvalue weighted by Crippen LogP contribution is -2.48. The fourth-order valence-electron chi connectivity index (χ4n) is 2.72. The van der Waals surface area contributed by atoms with Crippen molar-refractivity contribution < 1.29 is 4.74 Å². The van der Waals surface area contributed by atoms with Crippen LogP contribution in [0.15, 0.2) is 18.2 Å². The maximum Gasteiger partial charge on any atom is 0.0678 e. The van der Waals surface area contributed by atoms with Crippen molar-refractivity contribution in [1.82, 2.24) is 4.90 Å². The first-order chi connectivity index (χ1) is 9.01. The topological polar surface area (TPSA) is 38.5 Å². The lowest BCUT2D eigenvalue weighted by Gasteiger charge is -2.40. The molecule has 2 rings (SSSR count). The van der Waals surface area contributed by atoms with Gasteiger partial charge in [0.25, 0.3) is 0 Å². The minimum absolute atomic E-state index is 0.110. The van der Waals surface area contributed by atoms with Gasteiger partial charge in [-0.3, -0.25) is 4.90 Å². The summed E-state index contributed by atoms with van der Waals surface area (Å²) in [6, 6.07) is 5.71. The van der Waals surface area contributed by atoms with Crippen LogP contribution in [0.4, 0.5) is 0 Å². The Labute approximate surface area is 124 Å². The molecule has 2 N–H and O–H groups in total. The van der Waals surface area contributed by atoms with Gasteiger partial charge in [-0.05, 0) is 31.5 Å². The fraction of sp³-hybridized carbons (Fsp3) is 0.571. The minimum atomic E-state index is 0.110. The quantitative estimate of drug-likeness (QED) is 0.932. The van der Waals surface area contributed by atoms with Gasteiger partial charge in [-0.2, -0.15) is 0 Å². The van der Waals surface area contributed by atoms with Gasteiger partial charge in [0.2, 0.25) is 0 Å². The smallest absolute Gasteiger partial charge is 0.0678 e. The Bertz CT molecular complexity index is 431. The maximum absolute atomic E-state index is 6.30. The van der Waals surface area contributed by atoms with Crippen molar-refractivity contribution in [3.05, 3.63) is 33.8 Å². The van der Waals surface area contributed by atoms with Crippen LogP contribution >= 0.6 is 23.2 Å². The molecule has 1 aromatic carbocycles. The predicted octanol–water partition coefficient (Wildman–Crippen LogP) is 3.10. The Morgan fingerprint density at radius 2 is 1.95 bits per heavy atom. The van der Waals surface area contributed by atoms with Gasteiger partial charge in [0.15, 0.2) is 0 Å². The number of halogens is 2. The van der Waals surface area contributed by atoms with E-state index >= 15 is 0 Å². The van der Waals surface area contributed by atoms with Crippen molar-refractivity contribution in [2.75, 3.05) is 19.6 Å². The van der Waals surface area contributed by atoms with Crippen LogP contribution in [0, 0.1) is 0 Å². The zero-order valence-electron chi connectivity index (χ0n) is 11.3. The third-order valence-corrected chi connectivity index (χ3v) is 4.00. The molecule has 0 aliphatic carbocycles. The van der Waals surface area contributed by atoms with Gasteiger partial charge in [0, 0.05) is 35.7 Å². The summed E-state index contributed by atoms with van der Waals surface area (Å²) in [6.07, 6.45) is 0.424. The minimum Gasteiger partial charge on any atom is -0.373 e. The van der Waals surface area contributed by atoms with Crippen molar-refractivity contribution in [1.29, 1.82) is 0 Å². The van der Waals surface area contributed by atoms with E-state index in [2.05, 4.69) is 18.7 Å². The molecule has 1 saturated heterocycles. The standard InChI is InChI=1S/C14H20Cl2N2O/c1-9-7-18(8-10(2)19-9)14(6-17)12-4-3-11(15)5-13(12)16/h3-5,9-10,14H,6-8,17H2,1-2H3. The number of nitrogens with two attached hydrogens (primary N) is 1. The molecule has 0 spiro atoms. The summed E-state index contributed by atoms with van der Waals surface area (Å²) >= 11 is 12.2. The van der Waals surface area contributed by atoms with Crippen LogP contribution in [-0.2, 0) is 4.74 Å². The molecule has 106 valence electrons. The van der Waals surface area contributed by atoms with Gasteiger partial charge >= 0.3 is 0 Å². The molecular formula is C14H20Cl2N2O. The van der Waals surface area contributed by atoms with Crippen molar-refractivity contribution in [2.45, 2.75) is 32.1 Å². The first kappa shape index (κ1) is 15.1. The average molecular weight is 303 g/mol. The molecule has 19 heavy (non-hydrogen) atoms. The molecule has 0 amide bonds. The first-order valence-corrected chi connectivity index (χ1v) is 7.31. The molecule has 1 aromatic rings. The summed E-state index contributed by atoms with van der Waals surface area (Å²) in [5.41, 5.74) is 7.00. The lowest BCUT2D eigenvalue weighted by molar-refractivity contribution is -0.0799. The van der Waals surface area contributed by atoms with Crippen molar-refractivity contribution in [3.63, 3.8) is 0 Å². The van der Waals surface area contributed by atoms with Crippen molar-refractivity contribution >= 4 is 23.2 Å². The van der Waals surface area contributed by atoms with Crippen LogP contribution in [0.1, 0.15) is 25.5 Å². The number of ether oxygens (including phenoxy) is 1. The summed E-state index contributed by atoms with van der Waals surface area (Å²) in [5.74, 6) is 0. The van der Waals surface area contributed by atoms with Crippen LogP contribution in [0.3, 0.4) is 0 Å². The maximum atomic E-state index is 6.30. The third kappa shape index (κ3) is 3.61. The van der Waals surface area contributed by atoms with Crippen LogP contribution in [0.5, 0.6) is 0 Å². The zero-order valence-corrected chi connectivity index (χ0v) is 12.8. The summed E-state index contributed by atoms with van der Waals surface area (Å²) in [4.78, 5) is 2.34. The van der Waals surface area contributed by atoms with Crippen LogP contribution in [0.2, 0.25) is 10.0 Å². The molecule has 1 heterocycles. The Morgan fingerprint density at radius 1 is 1.32 bits per heavy atom. The van der Waals surface area contributed by atoms with Crippen LogP contribution in [-0.4, -0.2) is 36.7 Å². The van der Waals surface area contributed by atoms with E-state index in [9.17, 15) is 0 Å². The average Bonchev–Trinajstić information content (AvgIpc) is 2.31. The molecule has 1 fully saturated rings. The molecular weight excluding hydrogens is 283 g/mol. The number of benzene rings is 1. The Hall–Kier alpha value is -0.320. The molecule has 1 aliphatic rings. The number of nitrogens with zero attached hydrogens (tertiary/aromatic N) is 1. The van der Waals surface area contributed by atoms with E-state index in [0.29, 0.717) is 16.6 Å². The van der Waals surface area contributed by atoms with Gasteiger partial charge in [-0.15, -0.1) is 0 Å². The lowest BCUT2D eigenvalue weighted by atomic mass is 10.0. The zero-order chi connectivity index (χ0) is 14.0. The van der Waals surface area contributed by atoms with Gasteiger partial charge in [0.1, 0.15) is 0 Å². The van der Waals surface area contributed by atoms with Crippen molar-refractivity contribution in [3.8, 4) is 0 Å². The highest BCUT2D eigenvalue weighted by Gasteiger charge is 2.29. The first-order valence-electron chi connectivity index (χ1n) is 6.55. The van der Waals surface area contributed by atoms with Gasteiger partial charge < -0.3 is 10.5 Å². The largest absolute Gasteiger partial charge is 0.373 e. The molecule has 3 atom stereocenters. The number of hydrogen-bond donors (Lipinski definition) is 1. The molecule has 0 aromatic heterocycles. The molecule has 3 nitrogen and oxygen atoms in total. The molecule has 5 heteroatoms. The molecule has 3 unspecified atom stereocenters. The Kier molecular flexibility index (Phi) is 5.09. The second kappa shape index (κ2) is 6.42. The SMILES string of the molecule is CC1CN(C(CN)c2ccc(Cl)cc2Cl)CC(C)O1. The van der Waals surface area contributed by atoms with Gasteiger partial charge in [0.05, 0.1) is 12.2 Å². The highest BCUT2D eigenvalue weighted by molar-refractivity contribution is 6.35. The predicted molar refractivity (Wildman–Crippen MR) is 79.8 cm³/mol. The number of morpholine rings is 1. The number of hydrogen-bond acceptors (Lipinski definition) is 3. The number of rotatable bonds is 3. The van der Waals surface area contributed by atoms with Crippen LogP contribution in [0.25, 0.3) is 0 Å². The van der Waals surface area contributed by atoms with E-state index in [1.54, 1.807) is 6.07 Å². The summed E-state index contributed by atoms with van der Waals surface area (Å²) in [6.45, 7) is 6.43. The van der Waals surface area contributed by atoms with E-state index in [-0.39, 0.29) is 18.2 Å². The molecule has 1 aliphatic heterocycles. The summed E-state index contributed by atoms with van der Waals surface area (Å²) in [7, 11) is 0.